The van der Waals surface area contributed by atoms with Gasteiger partial charge in [-0.1, -0.05) is 18.2 Å². The Labute approximate surface area is 118 Å². The van der Waals surface area contributed by atoms with Gasteiger partial charge in [0.1, 0.15) is 0 Å². The van der Waals surface area contributed by atoms with Crippen LogP contribution in [0.15, 0.2) is 30.5 Å². The topological polar surface area (TPSA) is 45.5 Å². The summed E-state index contributed by atoms with van der Waals surface area (Å²) in [5, 5.41) is 10.7. The maximum Gasteiger partial charge on any atom is 0.227 e. The van der Waals surface area contributed by atoms with E-state index in [4.69, 9.17) is 0 Å². The Kier molecular flexibility index (Phi) is 3.49. The minimum Gasteiger partial charge on any atom is -0.393 e. The van der Waals surface area contributed by atoms with E-state index >= 15 is 0 Å². The van der Waals surface area contributed by atoms with E-state index in [1.807, 2.05) is 30.3 Å². The van der Waals surface area contributed by atoms with E-state index in [1.54, 1.807) is 0 Å². The summed E-state index contributed by atoms with van der Waals surface area (Å²) in [6, 6.07) is 8.16. The van der Waals surface area contributed by atoms with E-state index in [-0.39, 0.29) is 12.0 Å². The maximum atomic E-state index is 12.4. The highest BCUT2D eigenvalue weighted by Crippen LogP contribution is 2.22. The summed E-state index contributed by atoms with van der Waals surface area (Å²) in [5.41, 5.74) is 2.24. The van der Waals surface area contributed by atoms with Gasteiger partial charge >= 0.3 is 0 Å². The summed E-state index contributed by atoms with van der Waals surface area (Å²) in [6.45, 7) is 1.34. The number of piperidine rings is 1. The molecule has 1 saturated heterocycles. The zero-order chi connectivity index (χ0) is 14.1. The molecule has 1 amide bonds. The van der Waals surface area contributed by atoms with Gasteiger partial charge in [0.25, 0.3) is 0 Å². The third-order valence-corrected chi connectivity index (χ3v) is 4.14. The monoisotopic (exact) mass is 272 g/mol. The van der Waals surface area contributed by atoms with E-state index in [1.165, 1.54) is 0 Å². The Morgan fingerprint density at radius 2 is 2.00 bits per heavy atom. The molecule has 4 nitrogen and oxygen atoms in total. The Morgan fingerprint density at radius 3 is 2.75 bits per heavy atom. The van der Waals surface area contributed by atoms with Gasteiger partial charge in [0, 0.05) is 37.2 Å². The molecular weight excluding hydrogens is 252 g/mol. The van der Waals surface area contributed by atoms with Crippen LogP contribution in [0.3, 0.4) is 0 Å². The largest absolute Gasteiger partial charge is 0.393 e. The lowest BCUT2D eigenvalue weighted by Gasteiger charge is -2.29. The second-order valence-corrected chi connectivity index (χ2v) is 5.57. The molecular formula is C16H20N2O2. The fourth-order valence-corrected chi connectivity index (χ4v) is 2.96. The molecule has 0 unspecified atom stereocenters. The first-order valence-corrected chi connectivity index (χ1v) is 7.14. The number of rotatable bonds is 2. The van der Waals surface area contributed by atoms with Crippen molar-refractivity contribution >= 4 is 16.8 Å². The van der Waals surface area contributed by atoms with Crippen molar-refractivity contribution in [3.8, 4) is 0 Å². The molecule has 0 spiro atoms. The maximum absolute atomic E-state index is 12.4. The van der Waals surface area contributed by atoms with Crippen molar-refractivity contribution < 1.29 is 9.90 Å². The van der Waals surface area contributed by atoms with Crippen LogP contribution >= 0.6 is 0 Å². The third-order valence-electron chi connectivity index (χ3n) is 4.14. The molecule has 1 fully saturated rings. The second kappa shape index (κ2) is 5.29. The van der Waals surface area contributed by atoms with Gasteiger partial charge in [-0.15, -0.1) is 0 Å². The number of fused-ring (bicyclic) bond motifs is 1. The summed E-state index contributed by atoms with van der Waals surface area (Å²) in [5.74, 6) is 0.160. The van der Waals surface area contributed by atoms with Crippen LogP contribution in [0.1, 0.15) is 18.4 Å². The minimum absolute atomic E-state index is 0.160. The van der Waals surface area contributed by atoms with Crippen molar-refractivity contribution in [2.24, 2.45) is 7.05 Å². The molecule has 0 bridgehead atoms. The van der Waals surface area contributed by atoms with Gasteiger partial charge in [0.2, 0.25) is 5.91 Å². The molecule has 0 saturated carbocycles. The molecule has 1 aromatic carbocycles. The first-order chi connectivity index (χ1) is 9.65. The minimum atomic E-state index is -0.239. The fourth-order valence-electron chi connectivity index (χ4n) is 2.96. The molecule has 1 aliphatic rings. The van der Waals surface area contributed by atoms with Gasteiger partial charge in [0.15, 0.2) is 0 Å². The van der Waals surface area contributed by atoms with Crippen molar-refractivity contribution in [2.45, 2.75) is 25.4 Å². The molecule has 20 heavy (non-hydrogen) atoms. The number of hydrogen-bond acceptors (Lipinski definition) is 2. The number of carbonyl (C=O) groups is 1. The lowest BCUT2D eigenvalue weighted by Crippen LogP contribution is -2.40. The zero-order valence-electron chi connectivity index (χ0n) is 11.7. The highest BCUT2D eigenvalue weighted by atomic mass is 16.3. The average molecular weight is 272 g/mol. The lowest BCUT2D eigenvalue weighted by molar-refractivity contribution is -0.132. The molecule has 4 heteroatoms. The Bertz CT molecular complexity index is 624. The number of hydrogen-bond donors (Lipinski definition) is 1. The molecule has 1 N–H and O–H groups in total. The number of para-hydroxylation sites is 1. The summed E-state index contributed by atoms with van der Waals surface area (Å²) in [7, 11) is 2.01. The molecule has 0 radical (unpaired) electrons. The van der Waals surface area contributed by atoms with Crippen LogP contribution in [0, 0.1) is 0 Å². The van der Waals surface area contributed by atoms with Crippen LogP contribution in [-0.2, 0) is 18.3 Å². The van der Waals surface area contributed by atoms with Crippen LogP contribution in [-0.4, -0.2) is 39.7 Å². The van der Waals surface area contributed by atoms with Gasteiger partial charge in [-0.2, -0.15) is 0 Å². The number of carbonyl (C=O) groups excluding carboxylic acids is 1. The second-order valence-electron chi connectivity index (χ2n) is 5.57. The number of aryl methyl sites for hydroxylation is 1. The summed E-state index contributed by atoms with van der Waals surface area (Å²) < 4.78 is 2.07. The molecule has 3 rings (SSSR count). The number of aliphatic hydroxyl groups is 1. The predicted molar refractivity (Wildman–Crippen MR) is 78.4 cm³/mol. The Hall–Kier alpha value is -1.81. The SMILES string of the molecule is Cn1cc(CC(=O)N2CCC(O)CC2)c2ccccc21. The standard InChI is InChI=1S/C16H20N2O2/c1-17-11-12(14-4-2-3-5-15(14)17)10-16(20)18-8-6-13(19)7-9-18/h2-5,11,13,19H,6-10H2,1H3. The quantitative estimate of drug-likeness (QED) is 0.904. The highest BCUT2D eigenvalue weighted by Gasteiger charge is 2.22. The molecule has 1 aliphatic heterocycles. The van der Waals surface area contributed by atoms with Gasteiger partial charge < -0.3 is 14.6 Å². The number of nitrogens with zero attached hydrogens (tertiary/aromatic N) is 2. The number of amides is 1. The van der Waals surface area contributed by atoms with Crippen molar-refractivity contribution in [1.29, 1.82) is 0 Å². The Balaban J connectivity index is 1.78. The number of aliphatic hydroxyl groups excluding tert-OH is 1. The van der Waals surface area contributed by atoms with Crippen molar-refractivity contribution in [2.75, 3.05) is 13.1 Å². The predicted octanol–water partition coefficient (Wildman–Crippen LogP) is 1.70. The summed E-state index contributed by atoms with van der Waals surface area (Å²) in [6.07, 6.45) is 3.64. The molecule has 106 valence electrons. The van der Waals surface area contributed by atoms with Crippen molar-refractivity contribution in [3.63, 3.8) is 0 Å². The zero-order valence-corrected chi connectivity index (χ0v) is 11.7. The van der Waals surface area contributed by atoms with Crippen LogP contribution in [0.2, 0.25) is 0 Å². The normalized spacial score (nSPS) is 16.8. The summed E-state index contributed by atoms with van der Waals surface area (Å²) >= 11 is 0. The van der Waals surface area contributed by atoms with E-state index in [0.717, 1.165) is 16.5 Å². The fraction of sp³-hybridized carbons (Fsp3) is 0.438. The first-order valence-electron chi connectivity index (χ1n) is 7.14. The first kappa shape index (κ1) is 13.2. The molecule has 0 aliphatic carbocycles. The Morgan fingerprint density at radius 1 is 1.30 bits per heavy atom. The van der Waals surface area contributed by atoms with Gasteiger partial charge in [-0.3, -0.25) is 4.79 Å². The van der Waals surface area contributed by atoms with Crippen LogP contribution < -0.4 is 0 Å². The van der Waals surface area contributed by atoms with E-state index in [2.05, 4.69) is 16.7 Å². The van der Waals surface area contributed by atoms with Crippen LogP contribution in [0.5, 0.6) is 0 Å². The van der Waals surface area contributed by atoms with Crippen LogP contribution in [0.4, 0.5) is 0 Å². The molecule has 2 aromatic rings. The van der Waals surface area contributed by atoms with Crippen molar-refractivity contribution in [1.82, 2.24) is 9.47 Å². The lowest BCUT2D eigenvalue weighted by atomic mass is 10.1. The summed E-state index contributed by atoms with van der Waals surface area (Å²) in [4.78, 5) is 14.2. The van der Waals surface area contributed by atoms with Crippen molar-refractivity contribution in [3.05, 3.63) is 36.0 Å². The van der Waals surface area contributed by atoms with E-state index in [9.17, 15) is 9.90 Å². The van der Waals surface area contributed by atoms with Crippen LogP contribution in [0.25, 0.3) is 10.9 Å². The third kappa shape index (κ3) is 2.43. The number of benzene rings is 1. The average Bonchev–Trinajstić information content (AvgIpc) is 2.77. The smallest absolute Gasteiger partial charge is 0.227 e. The highest BCUT2D eigenvalue weighted by molar-refractivity contribution is 5.89. The molecule has 2 heterocycles. The molecule has 0 atom stereocenters. The van der Waals surface area contributed by atoms with Gasteiger partial charge in [-0.05, 0) is 24.5 Å². The van der Waals surface area contributed by atoms with E-state index in [0.29, 0.717) is 32.4 Å². The number of likely N-dealkylation sites (tertiary alicyclic amines) is 1. The number of aromatic nitrogens is 1. The molecule has 1 aromatic heterocycles. The van der Waals surface area contributed by atoms with Gasteiger partial charge in [0.05, 0.1) is 12.5 Å². The van der Waals surface area contributed by atoms with Gasteiger partial charge in [-0.25, -0.2) is 0 Å². The van der Waals surface area contributed by atoms with E-state index < -0.39 is 0 Å².